The fourth-order valence-corrected chi connectivity index (χ4v) is 4.45. The molecule has 56 heavy (non-hydrogen) atoms. The van der Waals surface area contributed by atoms with E-state index in [-0.39, 0.29) is 52.3 Å². The zero-order chi connectivity index (χ0) is 42.0. The first-order valence-electron chi connectivity index (χ1n) is 16.3. The molecule has 300 valence electrons. The van der Waals surface area contributed by atoms with Gasteiger partial charge in [0.15, 0.2) is 29.1 Å². The van der Waals surface area contributed by atoms with Crippen LogP contribution in [0.1, 0.15) is 48.4 Å². The Bertz CT molecular complexity index is 2170. The Hall–Kier alpha value is -4.53. The topological polar surface area (TPSA) is 144 Å². The van der Waals surface area contributed by atoms with E-state index in [0.717, 1.165) is 43.6 Å². The van der Waals surface area contributed by atoms with Crippen molar-refractivity contribution in [1.82, 2.24) is 19.9 Å². The molecule has 2 aromatic heterocycles. The van der Waals surface area contributed by atoms with Gasteiger partial charge in [-0.3, -0.25) is 9.36 Å². The van der Waals surface area contributed by atoms with Crippen LogP contribution in [0.2, 0.25) is 5.15 Å². The minimum Gasteiger partial charge on any atom is -0.462 e. The maximum Gasteiger partial charge on any atom is 0.345 e. The van der Waals surface area contributed by atoms with E-state index in [9.17, 15) is 36.5 Å². The molecule has 0 saturated carbocycles. The number of ether oxygens (including phenoxy) is 2. The number of aromatic nitrogens is 4. The van der Waals surface area contributed by atoms with Crippen molar-refractivity contribution in [3.8, 4) is 22.8 Å². The number of hydrogen-bond donors (Lipinski definition) is 1. The summed E-state index contributed by atoms with van der Waals surface area (Å²) in [6.45, 7) is 10.1. The van der Waals surface area contributed by atoms with E-state index in [1.807, 2.05) is 6.07 Å². The Labute approximate surface area is 338 Å². The van der Waals surface area contributed by atoms with Crippen LogP contribution in [0.4, 0.5) is 23.2 Å². The summed E-state index contributed by atoms with van der Waals surface area (Å²) in [6.07, 6.45) is 2.22. The van der Waals surface area contributed by atoms with Crippen molar-refractivity contribution in [2.24, 2.45) is 0 Å². The molecule has 5 aromatic rings. The second-order valence-corrected chi connectivity index (χ2v) is 17.5. The molecule has 0 fully saturated rings. The summed E-state index contributed by atoms with van der Waals surface area (Å²) in [6, 6.07) is 16.8. The van der Waals surface area contributed by atoms with Crippen molar-refractivity contribution < 1.29 is 41.2 Å². The summed E-state index contributed by atoms with van der Waals surface area (Å²) in [5, 5.41) is -3.34. The number of hydrogen-bond acceptors (Lipinski definition) is 10. The molecule has 5 rings (SSSR count). The summed E-state index contributed by atoms with van der Waals surface area (Å²) >= 11 is 19.7. The number of rotatable bonds is 9. The lowest BCUT2D eigenvalue weighted by molar-refractivity contribution is 0.0515. The molecule has 20 heteroatoms. The van der Waals surface area contributed by atoms with Gasteiger partial charge in [-0.05, 0) is 110 Å². The first-order valence-corrected chi connectivity index (χ1v) is 21.1. The SMILES string of the molecule is CCN(CC)c1ccccc1.CCOC(=O)c1cnc(-c2ccc(F)c(F)c2)[nH]c1=O.CCOC(=O)c1cnc(-c2ccc(F)c(F)c2)nc1Cl.O=P(Cl)(Cl)Cl. The van der Waals surface area contributed by atoms with Gasteiger partial charge in [-0.1, -0.05) is 29.8 Å². The van der Waals surface area contributed by atoms with Gasteiger partial charge in [0.1, 0.15) is 22.1 Å². The van der Waals surface area contributed by atoms with Crippen LogP contribution in [0.15, 0.2) is 83.9 Å². The van der Waals surface area contributed by atoms with Crippen LogP contribution in [-0.4, -0.2) is 58.2 Å². The highest BCUT2D eigenvalue weighted by atomic mass is 36.0. The monoisotopic (exact) mass is 879 g/mol. The minimum atomic E-state index is -3.22. The second-order valence-electron chi connectivity index (χ2n) is 10.5. The predicted molar refractivity (Wildman–Crippen MR) is 210 cm³/mol. The van der Waals surface area contributed by atoms with Crippen LogP contribution in [-0.2, 0) is 14.0 Å². The number of nitrogens with zero attached hydrogens (tertiary/aromatic N) is 4. The van der Waals surface area contributed by atoms with Crippen molar-refractivity contribution in [3.63, 3.8) is 0 Å². The van der Waals surface area contributed by atoms with Crippen molar-refractivity contribution in [2.45, 2.75) is 27.7 Å². The van der Waals surface area contributed by atoms with Crippen LogP contribution in [0.3, 0.4) is 0 Å². The molecule has 1 N–H and O–H groups in total. The molecule has 0 saturated heterocycles. The summed E-state index contributed by atoms with van der Waals surface area (Å²) in [7, 11) is 0. The van der Waals surface area contributed by atoms with Gasteiger partial charge in [0.05, 0.1) is 13.2 Å². The molecular weight excluding hydrogens is 847 g/mol. The molecule has 2 heterocycles. The highest BCUT2D eigenvalue weighted by Gasteiger charge is 2.16. The number of esters is 2. The predicted octanol–water partition coefficient (Wildman–Crippen LogP) is 10.5. The summed E-state index contributed by atoms with van der Waals surface area (Å²) in [5.74, 6) is -5.37. The quantitative estimate of drug-likeness (QED) is 0.0657. The maximum absolute atomic E-state index is 13.1. The molecule has 0 spiro atoms. The molecule has 0 aliphatic rings. The minimum absolute atomic E-state index is 0.0138. The Morgan fingerprint density at radius 2 is 1.21 bits per heavy atom. The van der Waals surface area contributed by atoms with E-state index in [1.165, 1.54) is 24.0 Å². The van der Waals surface area contributed by atoms with Crippen LogP contribution < -0.4 is 10.5 Å². The molecule has 0 aliphatic heterocycles. The number of para-hydroxylation sites is 1. The lowest BCUT2D eigenvalue weighted by Crippen LogP contribution is -2.21. The van der Waals surface area contributed by atoms with Gasteiger partial charge in [-0.2, -0.15) is 0 Å². The van der Waals surface area contributed by atoms with E-state index >= 15 is 0 Å². The number of nitrogens with one attached hydrogen (secondary N) is 1. The van der Waals surface area contributed by atoms with Gasteiger partial charge < -0.3 is 19.4 Å². The number of carbonyl (C=O) groups excluding carboxylic acids is 2. The third-order valence-corrected chi connectivity index (χ3v) is 7.08. The average molecular weight is 881 g/mol. The number of carbonyl (C=O) groups is 2. The highest BCUT2D eigenvalue weighted by molar-refractivity contribution is 8.24. The lowest BCUT2D eigenvalue weighted by atomic mass is 10.2. The van der Waals surface area contributed by atoms with Crippen molar-refractivity contribution in [2.75, 3.05) is 31.2 Å². The molecule has 0 atom stereocenters. The molecule has 3 aromatic carbocycles. The third-order valence-electron chi connectivity index (χ3n) is 6.79. The average Bonchev–Trinajstić information content (AvgIpc) is 3.15. The van der Waals surface area contributed by atoms with Gasteiger partial charge in [0.2, 0.25) is 0 Å². The van der Waals surface area contributed by atoms with Crippen LogP contribution >= 0.6 is 50.5 Å². The standard InChI is InChI=1S/C13H9ClF2N2O2.C13H10F2N2O3.C10H15N.Cl3OP/c1-2-20-13(19)8-6-17-12(18-11(8)14)7-3-4-9(15)10(16)5-7;1-2-20-13(19)8-6-16-11(17-12(8)18)7-3-4-9(14)10(15)5-7;1-3-11(4-2)10-8-6-5-7-9-10;1-5(2,3)4/h3-6H,2H2,1H3;3-6H,2H2,1H3,(H,16,17,18);5-9H,3-4H2,1-2H3;. The van der Waals surface area contributed by atoms with E-state index < -0.39 is 46.0 Å². The van der Waals surface area contributed by atoms with Crippen LogP contribution in [0.5, 0.6) is 0 Å². The zero-order valence-corrected chi connectivity index (χ0v) is 34.0. The van der Waals surface area contributed by atoms with Gasteiger partial charge in [-0.25, -0.2) is 42.1 Å². The van der Waals surface area contributed by atoms with E-state index in [4.69, 9.17) is 16.3 Å². The van der Waals surface area contributed by atoms with E-state index in [2.05, 4.69) is 101 Å². The molecular formula is C36H34Cl4F4N5O6P. The summed E-state index contributed by atoms with van der Waals surface area (Å²) in [4.78, 5) is 50.9. The fourth-order valence-electron chi connectivity index (χ4n) is 4.25. The lowest BCUT2D eigenvalue weighted by Gasteiger charge is -2.20. The number of anilines is 1. The number of aromatic amines is 1. The second kappa shape index (κ2) is 23.5. The number of halogens is 8. The summed E-state index contributed by atoms with van der Waals surface area (Å²) < 4.78 is 70.9. The highest BCUT2D eigenvalue weighted by Crippen LogP contribution is 2.61. The first kappa shape index (κ1) is 47.6. The van der Waals surface area contributed by atoms with Gasteiger partial charge in [0.25, 0.3) is 5.56 Å². The van der Waals surface area contributed by atoms with Crippen molar-refractivity contribution in [1.29, 1.82) is 0 Å². The Morgan fingerprint density at radius 3 is 1.68 bits per heavy atom. The summed E-state index contributed by atoms with van der Waals surface area (Å²) in [5.41, 5.74) is 0.811. The maximum atomic E-state index is 13.1. The third kappa shape index (κ3) is 15.9. The van der Waals surface area contributed by atoms with Crippen molar-refractivity contribution in [3.05, 3.63) is 129 Å². The Kier molecular flexibility index (Phi) is 20.0. The van der Waals surface area contributed by atoms with Gasteiger partial charge in [0, 0.05) is 42.3 Å². The first-order chi connectivity index (χ1) is 26.4. The van der Waals surface area contributed by atoms with Crippen molar-refractivity contribution >= 4 is 68.1 Å². The molecule has 0 radical (unpaired) electrons. The molecule has 0 amide bonds. The number of H-pyrrole nitrogens is 1. The Balaban J connectivity index is 0.000000283. The molecule has 11 nitrogen and oxygen atoms in total. The Morgan fingerprint density at radius 1 is 0.732 bits per heavy atom. The number of benzene rings is 3. The van der Waals surface area contributed by atoms with Gasteiger partial charge in [-0.15, -0.1) is 0 Å². The van der Waals surface area contributed by atoms with Gasteiger partial charge >= 0.3 is 17.1 Å². The van der Waals surface area contributed by atoms with E-state index in [1.54, 1.807) is 13.8 Å². The normalized spacial score (nSPS) is 10.4. The fraction of sp³-hybridized carbons (Fsp3) is 0.222. The largest absolute Gasteiger partial charge is 0.462 e. The smallest absolute Gasteiger partial charge is 0.345 e. The zero-order valence-electron chi connectivity index (χ0n) is 30.0. The molecule has 0 unspecified atom stereocenters. The van der Waals surface area contributed by atoms with E-state index in [0.29, 0.717) is 0 Å². The van der Waals surface area contributed by atoms with Crippen LogP contribution in [0.25, 0.3) is 22.8 Å². The molecule has 0 aliphatic carbocycles. The van der Waals surface area contributed by atoms with Crippen LogP contribution in [0, 0.1) is 23.3 Å². The molecule has 0 bridgehead atoms.